The second kappa shape index (κ2) is 12.6. The Morgan fingerprint density at radius 1 is 0.422 bits per heavy atom. The zero-order valence-electron chi connectivity index (χ0n) is 35.5. The van der Waals surface area contributed by atoms with Crippen LogP contribution in [0.4, 0.5) is 0 Å². The molecule has 6 aliphatic rings. The highest BCUT2D eigenvalue weighted by molar-refractivity contribution is 6.16. The molecule has 1 nitrogen and oxygen atoms in total. The van der Waals surface area contributed by atoms with Crippen LogP contribution in [0.15, 0.2) is 223 Å². The minimum absolute atomic E-state index is 0.182. The third-order valence-corrected chi connectivity index (χ3v) is 16.2. The van der Waals surface area contributed by atoms with E-state index in [4.69, 9.17) is 0 Å². The summed E-state index contributed by atoms with van der Waals surface area (Å²) in [5.74, 6) is 0.182. The van der Waals surface area contributed by atoms with Gasteiger partial charge in [0, 0.05) is 22.4 Å². The van der Waals surface area contributed by atoms with Crippen molar-refractivity contribution in [2.75, 3.05) is 0 Å². The highest BCUT2D eigenvalue weighted by atomic mass is 15.0. The van der Waals surface area contributed by atoms with Crippen LogP contribution in [0, 0.1) is 0 Å². The molecule has 0 N–H and O–H groups in total. The maximum absolute atomic E-state index is 2.53. The fourth-order valence-electron chi connectivity index (χ4n) is 14.2. The van der Waals surface area contributed by atoms with Gasteiger partial charge in [0.2, 0.25) is 0 Å². The molecule has 2 spiro atoms. The smallest absolute Gasteiger partial charge is 0.0683 e. The van der Waals surface area contributed by atoms with E-state index < -0.39 is 5.41 Å². The Labute approximate surface area is 373 Å². The molecule has 0 saturated heterocycles. The molecular formula is C63H43N. The van der Waals surface area contributed by atoms with Gasteiger partial charge in [-0.25, -0.2) is 0 Å². The van der Waals surface area contributed by atoms with E-state index in [2.05, 4.69) is 211 Å². The van der Waals surface area contributed by atoms with Gasteiger partial charge in [-0.15, -0.1) is 0 Å². The van der Waals surface area contributed by atoms with Crippen LogP contribution >= 0.6 is 0 Å². The predicted molar refractivity (Wildman–Crippen MR) is 263 cm³/mol. The van der Waals surface area contributed by atoms with Gasteiger partial charge in [-0.3, -0.25) is 0 Å². The Kier molecular flexibility index (Phi) is 6.89. The first-order chi connectivity index (χ1) is 31.8. The lowest BCUT2D eigenvalue weighted by molar-refractivity contribution is 0.583. The molecule has 8 aromatic carbocycles. The van der Waals surface area contributed by atoms with Crippen LogP contribution in [0.3, 0.4) is 0 Å². The van der Waals surface area contributed by atoms with Crippen molar-refractivity contribution in [3.63, 3.8) is 0 Å². The van der Waals surface area contributed by atoms with Crippen molar-refractivity contribution in [1.82, 2.24) is 4.57 Å². The van der Waals surface area contributed by atoms with Crippen LogP contribution in [-0.4, -0.2) is 4.57 Å². The average molecular weight is 814 g/mol. The van der Waals surface area contributed by atoms with Crippen molar-refractivity contribution < 1.29 is 0 Å². The van der Waals surface area contributed by atoms with E-state index in [-0.39, 0.29) is 11.3 Å². The van der Waals surface area contributed by atoms with Crippen LogP contribution in [0.25, 0.3) is 44.2 Å². The third kappa shape index (κ3) is 4.09. The molecule has 6 aliphatic carbocycles. The number of benzene rings is 8. The van der Waals surface area contributed by atoms with Gasteiger partial charge in [0.25, 0.3) is 0 Å². The number of fused-ring (bicyclic) bond motifs is 20. The van der Waals surface area contributed by atoms with E-state index in [9.17, 15) is 0 Å². The Morgan fingerprint density at radius 3 is 1.75 bits per heavy atom. The molecule has 1 heterocycles. The Morgan fingerprint density at radius 2 is 1.00 bits per heavy atom. The molecule has 9 aromatic rings. The molecular weight excluding hydrogens is 771 g/mol. The summed E-state index contributed by atoms with van der Waals surface area (Å²) in [5.41, 5.74) is 27.7. The summed E-state index contributed by atoms with van der Waals surface area (Å²) in [6.07, 6.45) is 8.98. The van der Waals surface area contributed by atoms with Crippen LogP contribution in [0.2, 0.25) is 0 Å². The van der Waals surface area contributed by atoms with Crippen LogP contribution in [0.1, 0.15) is 92.8 Å². The normalized spacial score (nSPS) is 21.8. The summed E-state index contributed by atoms with van der Waals surface area (Å²) in [5, 5.41) is 2.61. The van der Waals surface area contributed by atoms with E-state index in [1.54, 1.807) is 16.7 Å². The second-order valence-corrected chi connectivity index (χ2v) is 18.8. The highest BCUT2D eigenvalue weighted by Gasteiger charge is 2.60. The van der Waals surface area contributed by atoms with Gasteiger partial charge in [-0.05, 0) is 151 Å². The summed E-state index contributed by atoms with van der Waals surface area (Å²) in [6, 6.07) is 74.6. The van der Waals surface area contributed by atoms with Crippen LogP contribution in [-0.2, 0) is 10.8 Å². The van der Waals surface area contributed by atoms with Crippen molar-refractivity contribution >= 4 is 38.5 Å². The van der Waals surface area contributed by atoms with E-state index in [1.807, 2.05) is 0 Å². The zero-order valence-corrected chi connectivity index (χ0v) is 35.5. The molecule has 64 heavy (non-hydrogen) atoms. The lowest BCUT2D eigenvalue weighted by Crippen LogP contribution is -2.45. The number of nitrogens with zero attached hydrogens (tertiary/aromatic N) is 1. The standard InChI is InChI=1S/C63H43N/c1-2-18-40(19-3-1)64-57-33-17-9-22-43(57)48-38-39(34-37-58(48)64)59-44-23-4-5-24-45(44)60-47(59)35-36-56-61(60)46-25-8-12-28-51(46)63(56)54-31-15-13-29-52(54)62(53-30-14-16-32-55(53)63)49-26-10-6-20-41(49)42-21-7-11-27-50(42)62/h1-10,12-26,28-34,37-38,59H,11,27,35-36H2. The fraction of sp³-hybridized carbons (Fsp3) is 0.111. The summed E-state index contributed by atoms with van der Waals surface area (Å²) in [6.45, 7) is 0. The quantitative estimate of drug-likeness (QED) is 0.164. The summed E-state index contributed by atoms with van der Waals surface area (Å²) in [4.78, 5) is 0. The molecule has 0 aliphatic heterocycles. The summed E-state index contributed by atoms with van der Waals surface area (Å²) >= 11 is 0. The van der Waals surface area contributed by atoms with Crippen molar-refractivity contribution in [2.45, 2.75) is 42.4 Å². The number of hydrogen-bond acceptors (Lipinski definition) is 0. The van der Waals surface area contributed by atoms with Gasteiger partial charge in [-0.2, -0.15) is 0 Å². The van der Waals surface area contributed by atoms with E-state index in [0.717, 1.165) is 25.7 Å². The molecule has 0 radical (unpaired) electrons. The molecule has 0 bridgehead atoms. The summed E-state index contributed by atoms with van der Waals surface area (Å²) in [7, 11) is 0. The van der Waals surface area contributed by atoms with Crippen LogP contribution in [0.5, 0.6) is 0 Å². The highest BCUT2D eigenvalue weighted by Crippen LogP contribution is 2.70. The molecule has 1 heteroatoms. The first-order valence-electron chi connectivity index (χ1n) is 23.2. The van der Waals surface area contributed by atoms with Gasteiger partial charge in [0.15, 0.2) is 0 Å². The number of hydrogen-bond donors (Lipinski definition) is 0. The molecule has 1 unspecified atom stereocenters. The molecule has 15 rings (SSSR count). The minimum Gasteiger partial charge on any atom is -0.309 e. The first-order valence-corrected chi connectivity index (χ1v) is 23.2. The monoisotopic (exact) mass is 813 g/mol. The average Bonchev–Trinajstić information content (AvgIpc) is 4.07. The first kappa shape index (κ1) is 35.0. The van der Waals surface area contributed by atoms with Gasteiger partial charge < -0.3 is 4.57 Å². The van der Waals surface area contributed by atoms with Gasteiger partial charge in [0.05, 0.1) is 21.9 Å². The predicted octanol–water partition coefficient (Wildman–Crippen LogP) is 15.0. The van der Waals surface area contributed by atoms with E-state index >= 15 is 0 Å². The number of allylic oxidation sites excluding steroid dienone is 8. The topological polar surface area (TPSA) is 4.93 Å². The fourth-order valence-corrected chi connectivity index (χ4v) is 14.2. The molecule has 1 aromatic heterocycles. The maximum atomic E-state index is 2.53. The van der Waals surface area contributed by atoms with Crippen molar-refractivity contribution in [2.24, 2.45) is 0 Å². The SMILES string of the molecule is C1=CC2=C(CC1)C1(c3ccccc32)c2ccccc2C2(C3=C(C4=C(CC3)C(c3ccc5c(c3)c3ccccc3n5-c3ccccc3)c3ccccc34)c3ccccc32)c2ccccc21. The van der Waals surface area contributed by atoms with Crippen molar-refractivity contribution in [1.29, 1.82) is 0 Å². The Bertz CT molecular complexity index is 3630. The van der Waals surface area contributed by atoms with Crippen molar-refractivity contribution in [3.8, 4) is 5.69 Å². The number of aromatic nitrogens is 1. The van der Waals surface area contributed by atoms with Crippen LogP contribution < -0.4 is 0 Å². The number of rotatable bonds is 2. The van der Waals surface area contributed by atoms with Gasteiger partial charge in [-0.1, -0.05) is 176 Å². The largest absolute Gasteiger partial charge is 0.309 e. The zero-order chi connectivity index (χ0) is 41.7. The van der Waals surface area contributed by atoms with Gasteiger partial charge >= 0.3 is 0 Å². The molecule has 0 amide bonds. The summed E-state index contributed by atoms with van der Waals surface area (Å²) < 4.78 is 2.44. The molecule has 0 saturated carbocycles. The maximum Gasteiger partial charge on any atom is 0.0683 e. The molecule has 300 valence electrons. The minimum atomic E-state index is -0.420. The lowest BCUT2D eigenvalue weighted by Gasteiger charge is -2.50. The molecule has 1 atom stereocenters. The Hall–Kier alpha value is -7.48. The van der Waals surface area contributed by atoms with Crippen molar-refractivity contribution in [3.05, 3.63) is 284 Å². The van der Waals surface area contributed by atoms with Gasteiger partial charge in [0.1, 0.15) is 0 Å². The molecule has 0 fully saturated rings. The Balaban J connectivity index is 0.998. The van der Waals surface area contributed by atoms with E-state index in [0.29, 0.717) is 0 Å². The number of para-hydroxylation sites is 2. The lowest BCUT2D eigenvalue weighted by atomic mass is 9.51. The van der Waals surface area contributed by atoms with E-state index in [1.165, 1.54) is 105 Å². The third-order valence-electron chi connectivity index (χ3n) is 16.2. The second-order valence-electron chi connectivity index (χ2n) is 18.8.